The van der Waals surface area contributed by atoms with Gasteiger partial charge in [-0.2, -0.15) is 0 Å². The first-order valence-electron chi connectivity index (χ1n) is 7.19. The smallest absolute Gasteiger partial charge is 0.123 e. The average Bonchev–Trinajstić information content (AvgIpc) is 2.46. The van der Waals surface area contributed by atoms with Gasteiger partial charge in [0.2, 0.25) is 0 Å². The summed E-state index contributed by atoms with van der Waals surface area (Å²) in [5, 5.41) is 0. The Kier molecular flexibility index (Phi) is 2.48. The lowest BCUT2D eigenvalue weighted by Gasteiger charge is -2.38. The Bertz CT molecular complexity index is 629. The number of hydrogen-bond donors (Lipinski definition) is 0. The maximum atomic E-state index is 13.4. The summed E-state index contributed by atoms with van der Waals surface area (Å²) in [6, 6.07) is 14.2. The van der Waals surface area contributed by atoms with Gasteiger partial charge < -0.3 is 0 Å². The van der Waals surface area contributed by atoms with Gasteiger partial charge in [-0.15, -0.1) is 0 Å². The molecule has 4 rings (SSSR count). The molecule has 0 heterocycles. The molecule has 2 aromatic rings. The zero-order valence-electron chi connectivity index (χ0n) is 10.9. The normalized spacial score (nSPS) is 24.3. The highest BCUT2D eigenvalue weighted by Gasteiger charge is 2.34. The monoisotopic (exact) mass is 252 g/mol. The number of aryl methyl sites for hydroxylation is 2. The molecule has 0 saturated carbocycles. The summed E-state index contributed by atoms with van der Waals surface area (Å²) in [5.41, 5.74) is 5.55. The van der Waals surface area contributed by atoms with E-state index in [1.807, 2.05) is 6.07 Å². The van der Waals surface area contributed by atoms with Gasteiger partial charge in [-0.25, -0.2) is 4.39 Å². The Morgan fingerprint density at radius 2 is 1.58 bits per heavy atom. The topological polar surface area (TPSA) is 0 Å². The van der Waals surface area contributed by atoms with Crippen LogP contribution in [0, 0.1) is 11.7 Å². The van der Waals surface area contributed by atoms with E-state index in [-0.39, 0.29) is 5.82 Å². The molecule has 0 radical (unpaired) electrons. The molecule has 2 atom stereocenters. The van der Waals surface area contributed by atoms with Crippen LogP contribution in [0.25, 0.3) is 0 Å². The number of benzene rings is 2. The van der Waals surface area contributed by atoms with Crippen LogP contribution in [0.1, 0.15) is 41.0 Å². The third-order valence-corrected chi connectivity index (χ3v) is 4.87. The molecule has 0 spiro atoms. The number of fused-ring (bicyclic) bond motifs is 5. The van der Waals surface area contributed by atoms with Crippen molar-refractivity contribution in [3.63, 3.8) is 0 Å². The highest BCUT2D eigenvalue weighted by atomic mass is 19.1. The van der Waals surface area contributed by atoms with Crippen LogP contribution < -0.4 is 0 Å². The van der Waals surface area contributed by atoms with Gasteiger partial charge in [-0.05, 0) is 66.0 Å². The van der Waals surface area contributed by atoms with Gasteiger partial charge in [0.05, 0.1) is 0 Å². The molecular formula is C18H17F. The Morgan fingerprint density at radius 3 is 2.47 bits per heavy atom. The lowest BCUT2D eigenvalue weighted by atomic mass is 9.66. The summed E-state index contributed by atoms with van der Waals surface area (Å²) in [7, 11) is 0. The minimum Gasteiger partial charge on any atom is -0.207 e. The lowest BCUT2D eigenvalue weighted by molar-refractivity contribution is 0.362. The van der Waals surface area contributed by atoms with Crippen LogP contribution in [0.4, 0.5) is 4.39 Å². The van der Waals surface area contributed by atoms with E-state index in [1.165, 1.54) is 41.5 Å². The molecule has 0 aromatic heterocycles. The summed E-state index contributed by atoms with van der Waals surface area (Å²) < 4.78 is 13.4. The summed E-state index contributed by atoms with van der Waals surface area (Å²) in [5.74, 6) is 1.14. The maximum Gasteiger partial charge on any atom is 0.123 e. The second-order valence-electron chi connectivity index (χ2n) is 5.86. The van der Waals surface area contributed by atoms with E-state index in [0.29, 0.717) is 5.92 Å². The SMILES string of the molecule is Fc1ccc2c(c1)CC[C@@H]1CCc3ccccc3[C@H]21. The van der Waals surface area contributed by atoms with Gasteiger partial charge in [0.25, 0.3) is 0 Å². The Morgan fingerprint density at radius 1 is 0.842 bits per heavy atom. The van der Waals surface area contributed by atoms with E-state index in [2.05, 4.69) is 24.3 Å². The van der Waals surface area contributed by atoms with Gasteiger partial charge in [-0.3, -0.25) is 0 Å². The quantitative estimate of drug-likeness (QED) is 0.649. The van der Waals surface area contributed by atoms with Crippen LogP contribution in [-0.2, 0) is 12.8 Å². The highest BCUT2D eigenvalue weighted by Crippen LogP contribution is 2.47. The first-order valence-corrected chi connectivity index (χ1v) is 7.19. The van der Waals surface area contributed by atoms with E-state index < -0.39 is 0 Å². The summed E-state index contributed by atoms with van der Waals surface area (Å²) in [6.45, 7) is 0. The van der Waals surface area contributed by atoms with Crippen LogP contribution in [0.15, 0.2) is 42.5 Å². The van der Waals surface area contributed by atoms with Crippen molar-refractivity contribution in [2.75, 3.05) is 0 Å². The fourth-order valence-electron chi connectivity index (χ4n) is 3.99. The van der Waals surface area contributed by atoms with Crippen molar-refractivity contribution >= 4 is 0 Å². The van der Waals surface area contributed by atoms with Crippen molar-refractivity contribution in [3.05, 3.63) is 70.5 Å². The molecule has 0 unspecified atom stereocenters. The molecule has 2 aliphatic carbocycles. The Labute approximate surface area is 113 Å². The van der Waals surface area contributed by atoms with E-state index >= 15 is 0 Å². The number of halogens is 1. The van der Waals surface area contributed by atoms with Crippen LogP contribution in [0.2, 0.25) is 0 Å². The predicted molar refractivity (Wildman–Crippen MR) is 74.8 cm³/mol. The summed E-state index contributed by atoms with van der Waals surface area (Å²) >= 11 is 0. The van der Waals surface area contributed by atoms with Crippen molar-refractivity contribution < 1.29 is 4.39 Å². The Balaban J connectivity index is 1.90. The van der Waals surface area contributed by atoms with E-state index in [4.69, 9.17) is 0 Å². The van der Waals surface area contributed by atoms with Crippen molar-refractivity contribution in [1.82, 2.24) is 0 Å². The third-order valence-electron chi connectivity index (χ3n) is 4.87. The molecule has 0 fully saturated rings. The molecule has 19 heavy (non-hydrogen) atoms. The number of rotatable bonds is 0. The van der Waals surface area contributed by atoms with E-state index in [9.17, 15) is 4.39 Å². The van der Waals surface area contributed by atoms with Gasteiger partial charge in [0.15, 0.2) is 0 Å². The minimum absolute atomic E-state index is 0.0960. The molecule has 96 valence electrons. The molecule has 1 heteroatoms. The predicted octanol–water partition coefficient (Wildman–Crippen LogP) is 4.47. The molecule has 0 aliphatic heterocycles. The van der Waals surface area contributed by atoms with Crippen molar-refractivity contribution in [2.45, 2.75) is 31.6 Å². The number of hydrogen-bond acceptors (Lipinski definition) is 0. The van der Waals surface area contributed by atoms with Gasteiger partial charge in [0, 0.05) is 5.92 Å². The largest absolute Gasteiger partial charge is 0.207 e. The first-order chi connectivity index (χ1) is 9.33. The fourth-order valence-corrected chi connectivity index (χ4v) is 3.99. The van der Waals surface area contributed by atoms with Crippen LogP contribution in [0.3, 0.4) is 0 Å². The van der Waals surface area contributed by atoms with Crippen LogP contribution in [-0.4, -0.2) is 0 Å². The van der Waals surface area contributed by atoms with Gasteiger partial charge in [0.1, 0.15) is 5.82 Å². The van der Waals surface area contributed by atoms with Crippen LogP contribution >= 0.6 is 0 Å². The molecule has 0 saturated heterocycles. The van der Waals surface area contributed by atoms with Crippen molar-refractivity contribution in [3.8, 4) is 0 Å². The summed E-state index contributed by atoms with van der Waals surface area (Å²) in [4.78, 5) is 0. The maximum absolute atomic E-state index is 13.4. The van der Waals surface area contributed by atoms with E-state index in [1.54, 1.807) is 12.1 Å². The fraction of sp³-hybridized carbons (Fsp3) is 0.333. The third kappa shape index (κ3) is 1.72. The second-order valence-corrected chi connectivity index (χ2v) is 5.86. The zero-order chi connectivity index (χ0) is 12.8. The standard InChI is InChI=1S/C18H17F/c19-15-9-10-17-14(11-15)8-7-13-6-5-12-3-1-2-4-16(12)18(13)17/h1-4,9-11,13,18H,5-8H2/t13-,18+/m0/s1. The molecule has 0 amide bonds. The summed E-state index contributed by atoms with van der Waals surface area (Å²) in [6.07, 6.45) is 4.72. The molecule has 0 bridgehead atoms. The van der Waals surface area contributed by atoms with Crippen molar-refractivity contribution in [1.29, 1.82) is 0 Å². The van der Waals surface area contributed by atoms with Gasteiger partial charge in [-0.1, -0.05) is 30.3 Å². The lowest BCUT2D eigenvalue weighted by Crippen LogP contribution is -2.26. The molecule has 2 aliphatic rings. The molecule has 0 nitrogen and oxygen atoms in total. The Hall–Kier alpha value is -1.63. The minimum atomic E-state index is -0.0960. The highest BCUT2D eigenvalue weighted by molar-refractivity contribution is 5.45. The molecular weight excluding hydrogens is 235 g/mol. The van der Waals surface area contributed by atoms with Crippen molar-refractivity contribution in [2.24, 2.45) is 5.92 Å². The van der Waals surface area contributed by atoms with E-state index in [0.717, 1.165) is 12.3 Å². The van der Waals surface area contributed by atoms with Gasteiger partial charge >= 0.3 is 0 Å². The molecule has 2 aromatic carbocycles. The zero-order valence-corrected chi connectivity index (χ0v) is 10.9. The second kappa shape index (κ2) is 4.19. The average molecular weight is 252 g/mol. The van der Waals surface area contributed by atoms with Crippen LogP contribution in [0.5, 0.6) is 0 Å². The first kappa shape index (κ1) is 11.2. The molecule has 0 N–H and O–H groups in total.